The second-order valence-corrected chi connectivity index (χ2v) is 7.78. The number of hydrogen-bond donors (Lipinski definition) is 1. The Morgan fingerprint density at radius 1 is 1.00 bits per heavy atom. The zero-order valence-corrected chi connectivity index (χ0v) is 18.4. The van der Waals surface area contributed by atoms with Gasteiger partial charge in [-0.05, 0) is 36.4 Å². The number of amides is 1. The molecule has 0 aliphatic carbocycles. The summed E-state index contributed by atoms with van der Waals surface area (Å²) in [6, 6.07) is 25.1. The van der Waals surface area contributed by atoms with Gasteiger partial charge in [0.15, 0.2) is 0 Å². The number of benzene rings is 3. The Kier molecular flexibility index (Phi) is 5.76. The number of fused-ring (bicyclic) bond motifs is 1. The zero-order valence-electron chi connectivity index (χ0n) is 17.7. The smallest absolute Gasteiger partial charge is 0.345 e. The number of aromatic nitrogens is 2. The Morgan fingerprint density at radius 2 is 1.74 bits per heavy atom. The first kappa shape index (κ1) is 21.4. The monoisotopic (exact) mass is 468 g/mol. The molecule has 0 saturated carbocycles. The van der Waals surface area contributed by atoms with Gasteiger partial charge in [-0.15, -0.1) is 0 Å². The maximum Gasteiger partial charge on any atom is 0.345 e. The summed E-state index contributed by atoms with van der Waals surface area (Å²) in [6.45, 7) is 0. The van der Waals surface area contributed by atoms with Crippen LogP contribution in [0.1, 0.15) is 15.9 Å². The molecule has 5 aromatic rings. The third kappa shape index (κ3) is 4.24. The topological polar surface area (TPSA) is 89.5 Å². The van der Waals surface area contributed by atoms with Gasteiger partial charge in [-0.25, -0.2) is 14.9 Å². The summed E-state index contributed by atoms with van der Waals surface area (Å²) < 4.78 is 7.14. The van der Waals surface area contributed by atoms with Crippen LogP contribution >= 0.6 is 11.6 Å². The Hall–Kier alpha value is -4.49. The summed E-state index contributed by atoms with van der Waals surface area (Å²) in [6.07, 6.45) is 3.16. The minimum absolute atomic E-state index is 0.285. The van der Waals surface area contributed by atoms with E-state index in [1.54, 1.807) is 53.3 Å². The summed E-state index contributed by atoms with van der Waals surface area (Å²) in [5, 5.41) is 9.78. The summed E-state index contributed by atoms with van der Waals surface area (Å²) in [4.78, 5) is 25.2. The maximum atomic E-state index is 12.8. The van der Waals surface area contributed by atoms with E-state index in [-0.39, 0.29) is 5.56 Å². The van der Waals surface area contributed by atoms with Gasteiger partial charge in [0.2, 0.25) is 0 Å². The molecule has 166 valence electrons. The average molecular weight is 469 g/mol. The molecule has 1 N–H and O–H groups in total. The van der Waals surface area contributed by atoms with E-state index in [2.05, 4.69) is 15.6 Å². The molecule has 8 heteroatoms. The largest absolute Gasteiger partial charge is 0.422 e. The zero-order chi connectivity index (χ0) is 23.5. The third-order valence-electron chi connectivity index (χ3n) is 5.15. The molecule has 0 aliphatic heterocycles. The number of rotatable bonds is 5. The van der Waals surface area contributed by atoms with Crippen molar-refractivity contribution in [1.29, 1.82) is 0 Å². The second kappa shape index (κ2) is 9.17. The van der Waals surface area contributed by atoms with Gasteiger partial charge in [0.25, 0.3) is 5.91 Å². The number of carbonyl (C=O) groups excluding carboxylic acids is 1. The SMILES string of the molecule is O=C(NN=Cc1cn(-c2ccccc2)nc1-c1cc2ccccc2oc1=O)c1ccccc1Cl. The lowest BCUT2D eigenvalue weighted by atomic mass is 10.1. The van der Waals surface area contributed by atoms with E-state index in [1.807, 2.05) is 42.5 Å². The van der Waals surface area contributed by atoms with Crippen molar-refractivity contribution in [2.75, 3.05) is 0 Å². The van der Waals surface area contributed by atoms with Gasteiger partial charge >= 0.3 is 5.63 Å². The number of hydrazone groups is 1. The number of hydrogen-bond acceptors (Lipinski definition) is 5. The van der Waals surface area contributed by atoms with Gasteiger partial charge in [0.1, 0.15) is 11.3 Å². The number of para-hydroxylation sites is 2. The molecule has 7 nitrogen and oxygen atoms in total. The highest BCUT2D eigenvalue weighted by molar-refractivity contribution is 6.33. The molecule has 0 saturated heterocycles. The molecule has 0 bridgehead atoms. The standard InChI is InChI=1S/C26H17ClN4O3/c27-22-12-6-5-11-20(22)25(32)29-28-15-18-16-31(19-9-2-1-3-10-19)30-24(18)21-14-17-8-4-7-13-23(17)34-26(21)33/h1-16H,(H,29,32). The van der Waals surface area contributed by atoms with Gasteiger partial charge in [0, 0.05) is 17.1 Å². The number of halogens is 1. The van der Waals surface area contributed by atoms with Crippen LogP contribution in [0.15, 0.2) is 105 Å². The summed E-state index contributed by atoms with van der Waals surface area (Å²) in [5.41, 5.74) is 4.71. The number of nitrogens with zero attached hydrogens (tertiary/aromatic N) is 3. The van der Waals surface area contributed by atoms with Crippen LogP contribution in [0.4, 0.5) is 0 Å². The molecule has 0 radical (unpaired) electrons. The fourth-order valence-electron chi connectivity index (χ4n) is 3.50. The first-order valence-corrected chi connectivity index (χ1v) is 10.7. The lowest BCUT2D eigenvalue weighted by Gasteiger charge is -2.02. The van der Waals surface area contributed by atoms with Crippen LogP contribution in [0.3, 0.4) is 0 Å². The van der Waals surface area contributed by atoms with Crippen molar-refractivity contribution in [3.05, 3.63) is 118 Å². The molecule has 2 aromatic heterocycles. The molecule has 2 heterocycles. The highest BCUT2D eigenvalue weighted by Gasteiger charge is 2.17. The minimum Gasteiger partial charge on any atom is -0.422 e. The van der Waals surface area contributed by atoms with Crippen molar-refractivity contribution < 1.29 is 9.21 Å². The predicted octanol–water partition coefficient (Wildman–Crippen LogP) is 5.06. The summed E-state index contributed by atoms with van der Waals surface area (Å²) >= 11 is 6.09. The van der Waals surface area contributed by atoms with Gasteiger partial charge in [0.05, 0.1) is 28.1 Å². The molecule has 3 aromatic carbocycles. The van der Waals surface area contributed by atoms with Crippen LogP contribution in [-0.2, 0) is 0 Å². The van der Waals surface area contributed by atoms with Crippen molar-refractivity contribution in [2.45, 2.75) is 0 Å². The van der Waals surface area contributed by atoms with Crippen LogP contribution in [0.2, 0.25) is 5.02 Å². The van der Waals surface area contributed by atoms with Crippen molar-refractivity contribution >= 4 is 34.7 Å². The van der Waals surface area contributed by atoms with Crippen LogP contribution in [0.25, 0.3) is 27.9 Å². The minimum atomic E-state index is -0.522. The van der Waals surface area contributed by atoms with E-state index >= 15 is 0 Å². The molecule has 5 rings (SSSR count). The highest BCUT2D eigenvalue weighted by Crippen LogP contribution is 2.23. The molecule has 0 atom stereocenters. The van der Waals surface area contributed by atoms with Gasteiger partial charge in [-0.1, -0.05) is 60.1 Å². The Balaban J connectivity index is 1.55. The molecular weight excluding hydrogens is 452 g/mol. The van der Waals surface area contributed by atoms with E-state index in [1.165, 1.54) is 6.21 Å². The first-order valence-electron chi connectivity index (χ1n) is 10.4. The third-order valence-corrected chi connectivity index (χ3v) is 5.48. The van der Waals surface area contributed by atoms with Crippen molar-refractivity contribution in [3.8, 4) is 16.9 Å². The maximum absolute atomic E-state index is 12.8. The van der Waals surface area contributed by atoms with Crippen molar-refractivity contribution in [3.63, 3.8) is 0 Å². The predicted molar refractivity (Wildman–Crippen MR) is 132 cm³/mol. The Labute approximate surface area is 198 Å². The number of nitrogens with one attached hydrogen (secondary N) is 1. The Morgan fingerprint density at radius 3 is 2.56 bits per heavy atom. The van der Waals surface area contributed by atoms with Crippen molar-refractivity contribution in [2.24, 2.45) is 5.10 Å². The van der Waals surface area contributed by atoms with E-state index in [4.69, 9.17) is 16.0 Å². The highest BCUT2D eigenvalue weighted by atomic mass is 35.5. The summed E-state index contributed by atoms with van der Waals surface area (Å²) in [5.74, 6) is -0.455. The second-order valence-electron chi connectivity index (χ2n) is 7.38. The van der Waals surface area contributed by atoms with E-state index in [0.29, 0.717) is 27.4 Å². The van der Waals surface area contributed by atoms with Crippen LogP contribution < -0.4 is 11.1 Å². The normalized spacial score (nSPS) is 11.2. The Bertz CT molecular complexity index is 1590. The molecule has 1 amide bonds. The molecule has 0 spiro atoms. The lowest BCUT2D eigenvalue weighted by molar-refractivity contribution is 0.0955. The fourth-order valence-corrected chi connectivity index (χ4v) is 3.72. The van der Waals surface area contributed by atoms with E-state index in [9.17, 15) is 9.59 Å². The van der Waals surface area contributed by atoms with Crippen LogP contribution in [-0.4, -0.2) is 21.9 Å². The molecule has 0 fully saturated rings. The number of carbonyl (C=O) groups is 1. The quantitative estimate of drug-likeness (QED) is 0.222. The van der Waals surface area contributed by atoms with Gasteiger partial charge in [-0.3, -0.25) is 4.79 Å². The fraction of sp³-hybridized carbons (Fsp3) is 0. The van der Waals surface area contributed by atoms with E-state index in [0.717, 1.165) is 11.1 Å². The van der Waals surface area contributed by atoms with Crippen molar-refractivity contribution in [1.82, 2.24) is 15.2 Å². The molecule has 0 unspecified atom stereocenters. The summed E-state index contributed by atoms with van der Waals surface area (Å²) in [7, 11) is 0. The first-order chi connectivity index (χ1) is 16.6. The lowest BCUT2D eigenvalue weighted by Crippen LogP contribution is -2.18. The average Bonchev–Trinajstić information content (AvgIpc) is 3.28. The molecule has 34 heavy (non-hydrogen) atoms. The van der Waals surface area contributed by atoms with Gasteiger partial charge in [-0.2, -0.15) is 10.2 Å². The van der Waals surface area contributed by atoms with Crippen LogP contribution in [0.5, 0.6) is 0 Å². The van der Waals surface area contributed by atoms with Crippen LogP contribution in [0, 0.1) is 0 Å². The molecule has 0 aliphatic rings. The van der Waals surface area contributed by atoms with Gasteiger partial charge < -0.3 is 4.42 Å². The molecular formula is C26H17ClN4O3. The van der Waals surface area contributed by atoms with E-state index < -0.39 is 11.5 Å².